The maximum atomic E-state index is 13.2. The second-order valence-corrected chi connectivity index (χ2v) is 9.84. The highest BCUT2D eigenvalue weighted by Crippen LogP contribution is 2.44. The van der Waals surface area contributed by atoms with E-state index in [9.17, 15) is 9.59 Å². The van der Waals surface area contributed by atoms with Crippen LogP contribution in [0.3, 0.4) is 0 Å². The Hall–Kier alpha value is -2.14. The van der Waals surface area contributed by atoms with Crippen LogP contribution in [-0.2, 0) is 17.6 Å². The van der Waals surface area contributed by atoms with E-state index in [2.05, 4.69) is 31.4 Å². The third-order valence-electron chi connectivity index (χ3n) is 5.57. The molecule has 1 aromatic heterocycles. The van der Waals surface area contributed by atoms with Crippen molar-refractivity contribution in [2.45, 2.75) is 60.3 Å². The lowest BCUT2D eigenvalue weighted by molar-refractivity contribution is -0.115. The van der Waals surface area contributed by atoms with E-state index in [1.807, 2.05) is 38.1 Å². The van der Waals surface area contributed by atoms with Crippen LogP contribution in [-0.4, -0.2) is 11.8 Å². The molecule has 0 spiro atoms. The summed E-state index contributed by atoms with van der Waals surface area (Å²) in [6, 6.07) is 7.78. The summed E-state index contributed by atoms with van der Waals surface area (Å²) in [6.45, 7) is 10.7. The number of hydrogen-bond acceptors (Lipinski definition) is 3. The number of benzene rings is 1. The van der Waals surface area contributed by atoms with Crippen LogP contribution in [0.4, 0.5) is 10.7 Å². The standard InChI is InChI=1S/C23H30N2O2S/c1-6-19(26)25-22-20(21(27)24-16-9-7-8-14(2)12-16)17-11-10-15(23(3,4)5)13-18(17)28-22/h7-9,12,15H,6,10-11,13H2,1-5H3,(H,24,27)(H,25,26)/t15-/m0/s1. The number of fused-ring (bicyclic) bond motifs is 1. The molecule has 0 fully saturated rings. The molecule has 1 aliphatic carbocycles. The maximum Gasteiger partial charge on any atom is 0.258 e. The van der Waals surface area contributed by atoms with Crippen LogP contribution in [0.1, 0.15) is 66.9 Å². The van der Waals surface area contributed by atoms with Gasteiger partial charge in [-0.15, -0.1) is 11.3 Å². The molecule has 4 nitrogen and oxygen atoms in total. The van der Waals surface area contributed by atoms with E-state index in [0.717, 1.165) is 36.1 Å². The Morgan fingerprint density at radius 2 is 1.96 bits per heavy atom. The van der Waals surface area contributed by atoms with Gasteiger partial charge in [0, 0.05) is 17.0 Å². The van der Waals surface area contributed by atoms with Gasteiger partial charge in [0.15, 0.2) is 0 Å². The smallest absolute Gasteiger partial charge is 0.258 e. The highest BCUT2D eigenvalue weighted by molar-refractivity contribution is 7.17. The molecule has 2 amide bonds. The van der Waals surface area contributed by atoms with Crippen molar-refractivity contribution < 1.29 is 9.59 Å². The zero-order valence-corrected chi connectivity index (χ0v) is 18.3. The number of amides is 2. The minimum Gasteiger partial charge on any atom is -0.322 e. The van der Waals surface area contributed by atoms with Gasteiger partial charge in [0.05, 0.1) is 5.56 Å². The lowest BCUT2D eigenvalue weighted by atomic mass is 9.72. The number of carbonyl (C=O) groups is 2. The minimum absolute atomic E-state index is 0.0597. The molecule has 0 aliphatic heterocycles. The Bertz CT molecular complexity index is 892. The van der Waals surface area contributed by atoms with Crippen LogP contribution in [0.15, 0.2) is 24.3 Å². The van der Waals surface area contributed by atoms with Crippen LogP contribution in [0.5, 0.6) is 0 Å². The molecule has 1 aliphatic rings. The van der Waals surface area contributed by atoms with E-state index in [0.29, 0.717) is 22.9 Å². The molecule has 0 bridgehead atoms. The molecule has 0 saturated carbocycles. The first kappa shape index (κ1) is 20.6. The third kappa shape index (κ3) is 4.46. The van der Waals surface area contributed by atoms with E-state index in [1.165, 1.54) is 4.88 Å². The van der Waals surface area contributed by atoms with Gasteiger partial charge in [0.2, 0.25) is 5.91 Å². The predicted octanol–water partition coefficient (Wildman–Crippen LogP) is 5.81. The average molecular weight is 399 g/mol. The lowest BCUT2D eigenvalue weighted by Gasteiger charge is -2.33. The van der Waals surface area contributed by atoms with E-state index in [-0.39, 0.29) is 17.2 Å². The molecular weight excluding hydrogens is 368 g/mol. The summed E-state index contributed by atoms with van der Waals surface area (Å²) < 4.78 is 0. The van der Waals surface area contributed by atoms with Gasteiger partial charge < -0.3 is 10.6 Å². The fraction of sp³-hybridized carbons (Fsp3) is 0.478. The quantitative estimate of drug-likeness (QED) is 0.683. The van der Waals surface area contributed by atoms with Gasteiger partial charge in [-0.1, -0.05) is 39.8 Å². The summed E-state index contributed by atoms with van der Waals surface area (Å²) in [7, 11) is 0. The summed E-state index contributed by atoms with van der Waals surface area (Å²) >= 11 is 1.57. The van der Waals surface area contributed by atoms with Crippen molar-refractivity contribution in [3.63, 3.8) is 0 Å². The summed E-state index contributed by atoms with van der Waals surface area (Å²) in [5, 5.41) is 6.68. The summed E-state index contributed by atoms with van der Waals surface area (Å²) in [4.78, 5) is 26.5. The Kier molecular flexibility index (Phi) is 5.94. The van der Waals surface area contributed by atoms with Gasteiger partial charge in [0.25, 0.3) is 5.91 Å². The number of anilines is 2. The molecule has 0 saturated heterocycles. The Balaban J connectivity index is 1.95. The number of carbonyl (C=O) groups excluding carboxylic acids is 2. The van der Waals surface area contributed by atoms with Crippen LogP contribution in [0.25, 0.3) is 0 Å². The lowest BCUT2D eigenvalue weighted by Crippen LogP contribution is -2.27. The van der Waals surface area contributed by atoms with Crippen molar-refractivity contribution in [2.24, 2.45) is 11.3 Å². The topological polar surface area (TPSA) is 58.2 Å². The average Bonchev–Trinajstić information content (AvgIpc) is 2.97. The summed E-state index contributed by atoms with van der Waals surface area (Å²) in [5.41, 5.74) is 3.87. The highest BCUT2D eigenvalue weighted by Gasteiger charge is 2.34. The van der Waals surface area contributed by atoms with Crippen molar-refractivity contribution in [2.75, 3.05) is 10.6 Å². The maximum absolute atomic E-state index is 13.2. The molecule has 0 radical (unpaired) electrons. The number of nitrogens with one attached hydrogen (secondary N) is 2. The fourth-order valence-corrected chi connectivity index (χ4v) is 5.13. The molecule has 1 atom stereocenters. The molecular formula is C23H30N2O2S. The molecule has 150 valence electrons. The largest absolute Gasteiger partial charge is 0.322 e. The van der Waals surface area contributed by atoms with Gasteiger partial charge in [-0.3, -0.25) is 9.59 Å². The van der Waals surface area contributed by atoms with Gasteiger partial charge >= 0.3 is 0 Å². The molecule has 1 heterocycles. The van der Waals surface area contributed by atoms with Crippen LogP contribution >= 0.6 is 11.3 Å². The van der Waals surface area contributed by atoms with Crippen molar-refractivity contribution in [1.29, 1.82) is 0 Å². The number of thiophene rings is 1. The second kappa shape index (κ2) is 8.08. The monoisotopic (exact) mass is 398 g/mol. The second-order valence-electron chi connectivity index (χ2n) is 8.74. The summed E-state index contributed by atoms with van der Waals surface area (Å²) in [5.74, 6) is 0.389. The number of rotatable bonds is 4. The van der Waals surface area contributed by atoms with Crippen LogP contribution in [0, 0.1) is 18.3 Å². The first-order valence-corrected chi connectivity index (χ1v) is 10.8. The van der Waals surface area contributed by atoms with Gasteiger partial charge in [0.1, 0.15) is 5.00 Å². The molecule has 28 heavy (non-hydrogen) atoms. The zero-order chi connectivity index (χ0) is 20.5. The van der Waals surface area contributed by atoms with Crippen LogP contribution in [0.2, 0.25) is 0 Å². The highest BCUT2D eigenvalue weighted by atomic mass is 32.1. The first-order valence-electron chi connectivity index (χ1n) is 10.0. The van der Waals surface area contributed by atoms with E-state index >= 15 is 0 Å². The number of hydrogen-bond donors (Lipinski definition) is 2. The summed E-state index contributed by atoms with van der Waals surface area (Å²) in [6.07, 6.45) is 3.31. The molecule has 2 aromatic rings. The predicted molar refractivity (Wildman–Crippen MR) is 117 cm³/mol. The molecule has 3 rings (SSSR count). The van der Waals surface area contributed by atoms with Gasteiger partial charge in [-0.25, -0.2) is 0 Å². The van der Waals surface area contributed by atoms with Gasteiger partial charge in [-0.05, 0) is 60.8 Å². The van der Waals surface area contributed by atoms with Crippen molar-refractivity contribution >= 4 is 33.8 Å². The van der Waals surface area contributed by atoms with Crippen LogP contribution < -0.4 is 10.6 Å². The first-order chi connectivity index (χ1) is 13.2. The molecule has 1 aromatic carbocycles. The van der Waals surface area contributed by atoms with Crippen molar-refractivity contribution in [3.8, 4) is 0 Å². The Morgan fingerprint density at radius 3 is 2.61 bits per heavy atom. The Morgan fingerprint density at radius 1 is 1.21 bits per heavy atom. The molecule has 5 heteroatoms. The molecule has 0 unspecified atom stereocenters. The minimum atomic E-state index is -0.135. The van der Waals surface area contributed by atoms with Crippen molar-refractivity contribution in [3.05, 3.63) is 45.8 Å². The molecule has 2 N–H and O–H groups in total. The zero-order valence-electron chi connectivity index (χ0n) is 17.4. The normalized spacial score (nSPS) is 16.4. The van der Waals surface area contributed by atoms with E-state index < -0.39 is 0 Å². The fourth-order valence-electron chi connectivity index (χ4n) is 3.78. The van der Waals surface area contributed by atoms with Crippen molar-refractivity contribution in [1.82, 2.24) is 0 Å². The Labute approximate surface area is 171 Å². The van der Waals surface area contributed by atoms with Gasteiger partial charge in [-0.2, -0.15) is 0 Å². The number of aryl methyl sites for hydroxylation is 1. The van der Waals surface area contributed by atoms with E-state index in [4.69, 9.17) is 0 Å². The third-order valence-corrected chi connectivity index (χ3v) is 6.74. The van der Waals surface area contributed by atoms with E-state index in [1.54, 1.807) is 11.3 Å². The SMILES string of the molecule is CCC(=O)Nc1sc2c(c1C(=O)Nc1cccc(C)c1)CC[C@H](C(C)(C)C)C2.